The molecule has 1 saturated heterocycles. The minimum atomic E-state index is 0.00604. The van der Waals surface area contributed by atoms with E-state index in [0.29, 0.717) is 43.5 Å². The van der Waals surface area contributed by atoms with Gasteiger partial charge in [-0.2, -0.15) is 4.98 Å². The maximum atomic E-state index is 12.6. The Morgan fingerprint density at radius 1 is 1.12 bits per heavy atom. The second kappa shape index (κ2) is 6.91. The highest BCUT2D eigenvalue weighted by molar-refractivity contribution is 5.94. The monoisotopic (exact) mass is 350 g/mol. The summed E-state index contributed by atoms with van der Waals surface area (Å²) in [6, 6.07) is 7.33. The lowest BCUT2D eigenvalue weighted by atomic mass is 10.2. The van der Waals surface area contributed by atoms with Crippen LogP contribution in [-0.2, 0) is 0 Å². The molecule has 0 saturated carbocycles. The maximum Gasteiger partial charge on any atom is 0.261 e. The summed E-state index contributed by atoms with van der Waals surface area (Å²) in [6.45, 7) is 4.39. The lowest BCUT2D eigenvalue weighted by molar-refractivity contribution is 0.0746. The molecule has 132 valence electrons. The third-order valence-electron chi connectivity index (χ3n) is 4.32. The Morgan fingerprint density at radius 3 is 2.62 bits per heavy atom. The van der Waals surface area contributed by atoms with E-state index in [9.17, 15) is 4.79 Å². The summed E-state index contributed by atoms with van der Waals surface area (Å²) in [5, 5.41) is 3.86. The molecule has 0 aliphatic carbocycles. The first-order valence-corrected chi connectivity index (χ1v) is 8.42. The molecule has 0 atom stereocenters. The van der Waals surface area contributed by atoms with Crippen LogP contribution in [0.25, 0.3) is 11.5 Å². The molecule has 0 bridgehead atoms. The van der Waals surface area contributed by atoms with Gasteiger partial charge < -0.3 is 14.3 Å². The van der Waals surface area contributed by atoms with Crippen LogP contribution in [0.5, 0.6) is 0 Å². The summed E-state index contributed by atoms with van der Waals surface area (Å²) in [5.74, 6) is 1.84. The summed E-state index contributed by atoms with van der Waals surface area (Å²) >= 11 is 0. The molecule has 1 aliphatic heterocycles. The first-order valence-electron chi connectivity index (χ1n) is 8.42. The van der Waals surface area contributed by atoms with Crippen LogP contribution in [-0.4, -0.2) is 57.1 Å². The quantitative estimate of drug-likeness (QED) is 0.711. The number of pyridine rings is 2. The Bertz CT molecular complexity index is 903. The Labute approximate surface area is 150 Å². The lowest BCUT2D eigenvalue weighted by Crippen LogP contribution is -2.49. The van der Waals surface area contributed by atoms with Gasteiger partial charge in [0, 0.05) is 44.8 Å². The molecule has 0 N–H and O–H groups in total. The minimum Gasteiger partial charge on any atom is -0.352 e. The van der Waals surface area contributed by atoms with Crippen molar-refractivity contribution in [1.29, 1.82) is 0 Å². The van der Waals surface area contributed by atoms with Crippen molar-refractivity contribution in [3.8, 4) is 11.5 Å². The van der Waals surface area contributed by atoms with Crippen molar-refractivity contribution >= 4 is 11.7 Å². The fourth-order valence-electron chi connectivity index (χ4n) is 3.02. The number of amides is 1. The van der Waals surface area contributed by atoms with E-state index in [1.54, 1.807) is 37.6 Å². The molecule has 8 heteroatoms. The van der Waals surface area contributed by atoms with Gasteiger partial charge in [0.1, 0.15) is 5.82 Å². The summed E-state index contributed by atoms with van der Waals surface area (Å²) in [6.07, 6.45) is 5.01. The van der Waals surface area contributed by atoms with Gasteiger partial charge in [-0.25, -0.2) is 4.98 Å². The van der Waals surface area contributed by atoms with Gasteiger partial charge in [-0.1, -0.05) is 5.16 Å². The van der Waals surface area contributed by atoms with E-state index in [1.165, 1.54) is 0 Å². The van der Waals surface area contributed by atoms with Crippen LogP contribution in [0.15, 0.2) is 47.4 Å². The standard InChI is InChI=1S/C18H18N6O2/c1-13-21-17(26-22-13)15-5-3-7-20-16(15)23-8-10-24(11-9-23)18(25)14-4-2-6-19-12-14/h2-7,12H,8-11H2,1H3. The van der Waals surface area contributed by atoms with E-state index < -0.39 is 0 Å². The van der Waals surface area contributed by atoms with E-state index in [0.717, 1.165) is 11.4 Å². The molecule has 1 aliphatic rings. The number of anilines is 1. The van der Waals surface area contributed by atoms with Crippen molar-refractivity contribution < 1.29 is 9.32 Å². The van der Waals surface area contributed by atoms with Gasteiger partial charge in [-0.3, -0.25) is 9.78 Å². The average molecular weight is 350 g/mol. The third kappa shape index (κ3) is 3.13. The molecule has 0 aromatic carbocycles. The highest BCUT2D eigenvalue weighted by Crippen LogP contribution is 2.28. The molecule has 4 rings (SSSR count). The summed E-state index contributed by atoms with van der Waals surface area (Å²) in [5.41, 5.74) is 1.42. The normalized spacial score (nSPS) is 14.5. The van der Waals surface area contributed by atoms with Crippen LogP contribution in [0.1, 0.15) is 16.2 Å². The molecule has 0 unspecified atom stereocenters. The Morgan fingerprint density at radius 2 is 1.92 bits per heavy atom. The number of hydrogen-bond acceptors (Lipinski definition) is 7. The molecular weight excluding hydrogens is 332 g/mol. The van der Waals surface area contributed by atoms with Gasteiger partial charge in [-0.05, 0) is 31.2 Å². The van der Waals surface area contributed by atoms with E-state index in [2.05, 4.69) is 25.0 Å². The van der Waals surface area contributed by atoms with Crippen molar-refractivity contribution in [2.75, 3.05) is 31.1 Å². The van der Waals surface area contributed by atoms with Crippen molar-refractivity contribution in [1.82, 2.24) is 25.0 Å². The fraction of sp³-hybridized carbons (Fsp3) is 0.278. The molecule has 0 spiro atoms. The van der Waals surface area contributed by atoms with Crippen LogP contribution in [0, 0.1) is 6.92 Å². The predicted octanol–water partition coefficient (Wildman–Crippen LogP) is 1.80. The van der Waals surface area contributed by atoms with E-state index in [4.69, 9.17) is 4.52 Å². The fourth-order valence-corrected chi connectivity index (χ4v) is 3.02. The highest BCUT2D eigenvalue weighted by Gasteiger charge is 2.25. The number of hydrogen-bond donors (Lipinski definition) is 0. The zero-order valence-corrected chi connectivity index (χ0v) is 14.4. The molecule has 1 fully saturated rings. The Kier molecular flexibility index (Phi) is 4.30. The second-order valence-corrected chi connectivity index (χ2v) is 6.04. The average Bonchev–Trinajstić information content (AvgIpc) is 3.14. The largest absolute Gasteiger partial charge is 0.352 e. The maximum absolute atomic E-state index is 12.6. The first kappa shape index (κ1) is 16.2. The third-order valence-corrected chi connectivity index (χ3v) is 4.32. The topological polar surface area (TPSA) is 88.3 Å². The molecule has 3 aromatic rings. The van der Waals surface area contributed by atoms with Crippen LogP contribution in [0.4, 0.5) is 5.82 Å². The van der Waals surface area contributed by atoms with Crippen molar-refractivity contribution in [2.45, 2.75) is 6.92 Å². The van der Waals surface area contributed by atoms with Crippen LogP contribution in [0.3, 0.4) is 0 Å². The molecule has 0 radical (unpaired) electrons. The number of piperazine rings is 1. The number of rotatable bonds is 3. The number of carbonyl (C=O) groups excluding carboxylic acids is 1. The molecule has 8 nitrogen and oxygen atoms in total. The summed E-state index contributed by atoms with van der Waals surface area (Å²) < 4.78 is 5.30. The second-order valence-electron chi connectivity index (χ2n) is 6.04. The molecule has 3 aromatic heterocycles. The first-order chi connectivity index (χ1) is 12.7. The Balaban J connectivity index is 1.50. The van der Waals surface area contributed by atoms with Crippen LogP contribution >= 0.6 is 0 Å². The molecule has 1 amide bonds. The number of nitrogens with zero attached hydrogens (tertiary/aromatic N) is 6. The van der Waals surface area contributed by atoms with Gasteiger partial charge >= 0.3 is 0 Å². The van der Waals surface area contributed by atoms with Gasteiger partial charge in [0.2, 0.25) is 0 Å². The molecule has 26 heavy (non-hydrogen) atoms. The predicted molar refractivity (Wildman–Crippen MR) is 94.6 cm³/mol. The van der Waals surface area contributed by atoms with Gasteiger partial charge in [0.25, 0.3) is 11.8 Å². The zero-order valence-electron chi connectivity index (χ0n) is 14.4. The van der Waals surface area contributed by atoms with Gasteiger partial charge in [0.05, 0.1) is 11.1 Å². The van der Waals surface area contributed by atoms with Gasteiger partial charge in [0.15, 0.2) is 5.82 Å². The van der Waals surface area contributed by atoms with E-state index in [-0.39, 0.29) is 5.91 Å². The smallest absolute Gasteiger partial charge is 0.261 e. The van der Waals surface area contributed by atoms with E-state index >= 15 is 0 Å². The number of carbonyl (C=O) groups is 1. The van der Waals surface area contributed by atoms with Crippen LogP contribution in [0.2, 0.25) is 0 Å². The van der Waals surface area contributed by atoms with Crippen LogP contribution < -0.4 is 4.90 Å². The number of aromatic nitrogens is 4. The van der Waals surface area contributed by atoms with E-state index in [1.807, 2.05) is 17.0 Å². The zero-order chi connectivity index (χ0) is 17.9. The Hall–Kier alpha value is -3.29. The number of aryl methyl sites for hydroxylation is 1. The summed E-state index contributed by atoms with van der Waals surface area (Å²) in [4.78, 5) is 29.4. The summed E-state index contributed by atoms with van der Waals surface area (Å²) in [7, 11) is 0. The van der Waals surface area contributed by atoms with Crippen molar-refractivity contribution in [2.24, 2.45) is 0 Å². The lowest BCUT2D eigenvalue weighted by Gasteiger charge is -2.35. The molecule has 4 heterocycles. The SMILES string of the molecule is Cc1noc(-c2cccnc2N2CCN(C(=O)c3cccnc3)CC2)n1. The van der Waals surface area contributed by atoms with Crippen molar-refractivity contribution in [3.63, 3.8) is 0 Å². The van der Waals surface area contributed by atoms with Gasteiger partial charge in [-0.15, -0.1) is 0 Å². The highest BCUT2D eigenvalue weighted by atomic mass is 16.5. The molecular formula is C18H18N6O2. The van der Waals surface area contributed by atoms with Crippen molar-refractivity contribution in [3.05, 3.63) is 54.2 Å². The minimum absolute atomic E-state index is 0.00604.